The first kappa shape index (κ1) is 34.4. The largest absolute Gasteiger partial charge is 0.309 e. The molecule has 0 spiro atoms. The fourth-order valence-corrected chi connectivity index (χ4v) is 10.1. The molecule has 4 heteroatoms. The second-order valence-corrected chi connectivity index (χ2v) is 16.4. The van der Waals surface area contributed by atoms with Crippen LogP contribution in [0.5, 0.6) is 0 Å². The van der Waals surface area contributed by atoms with Crippen molar-refractivity contribution in [2.45, 2.75) is 0 Å². The minimum absolute atomic E-state index is 0.740. The number of nitrogens with zero attached hydrogens (tertiary/aromatic N) is 3. The summed E-state index contributed by atoms with van der Waals surface area (Å²) in [7, 11) is 0. The van der Waals surface area contributed by atoms with Crippen LogP contribution in [-0.4, -0.2) is 14.5 Å². The summed E-state index contributed by atoms with van der Waals surface area (Å²) >= 11 is 1.82. The van der Waals surface area contributed by atoms with Crippen LogP contribution in [0.4, 0.5) is 0 Å². The summed E-state index contributed by atoms with van der Waals surface area (Å²) in [5.74, 6) is 0.740. The fraction of sp³-hybridized carbons (Fsp3) is 0. The highest BCUT2D eigenvalue weighted by Crippen LogP contribution is 2.43. The monoisotopic (exact) mass is 781 g/mol. The number of aromatic nitrogens is 3. The van der Waals surface area contributed by atoms with Crippen LogP contribution in [0.15, 0.2) is 212 Å². The molecule has 0 bridgehead atoms. The summed E-state index contributed by atoms with van der Waals surface area (Å²) in [5, 5.41) is 5.92. The van der Waals surface area contributed by atoms with Crippen molar-refractivity contribution >= 4 is 64.2 Å². The van der Waals surface area contributed by atoms with Crippen LogP contribution in [0, 0.1) is 0 Å². The molecule has 0 amide bonds. The molecule has 12 aromatic rings. The average Bonchev–Trinajstić information content (AvgIpc) is 3.87. The Morgan fingerprint density at radius 2 is 0.950 bits per heavy atom. The van der Waals surface area contributed by atoms with Gasteiger partial charge in [0.25, 0.3) is 0 Å². The van der Waals surface area contributed by atoms with Crippen molar-refractivity contribution < 1.29 is 0 Å². The molecule has 3 aromatic heterocycles. The Morgan fingerprint density at radius 1 is 0.350 bits per heavy atom. The zero-order valence-electron chi connectivity index (χ0n) is 32.5. The summed E-state index contributed by atoms with van der Waals surface area (Å²) < 4.78 is 4.90. The van der Waals surface area contributed by atoms with E-state index in [1.165, 1.54) is 75.4 Å². The number of hydrogen-bond acceptors (Lipinski definition) is 3. The first-order valence-corrected chi connectivity index (χ1v) is 21.1. The van der Waals surface area contributed by atoms with E-state index in [0.717, 1.165) is 39.2 Å². The van der Waals surface area contributed by atoms with Gasteiger partial charge < -0.3 is 4.57 Å². The van der Waals surface area contributed by atoms with E-state index in [0.29, 0.717) is 0 Å². The molecule has 3 heterocycles. The Labute approximate surface area is 351 Å². The van der Waals surface area contributed by atoms with Crippen LogP contribution in [0.1, 0.15) is 0 Å². The molecule has 0 radical (unpaired) electrons. The Hall–Kier alpha value is -7.66. The molecule has 12 rings (SSSR count). The number of hydrogen-bond donors (Lipinski definition) is 0. The van der Waals surface area contributed by atoms with E-state index in [4.69, 9.17) is 9.97 Å². The molecule has 3 nitrogen and oxygen atoms in total. The standard InChI is InChI=1S/C56H35N3S/c1-4-15-36(16-5-1)41-31-42(37-17-6-2-7-18-37)33-43(32-41)59-50-25-13-11-21-44(50)47-34-39(27-29-51(47)59)40-28-30-52-48(35-40)54-46(23-14-26-53(54)60-52)56-57-49-24-12-10-22-45(49)55(58-56)38-19-8-3-9-20-38/h1-35H. The van der Waals surface area contributed by atoms with Crippen LogP contribution < -0.4 is 0 Å². The second-order valence-electron chi connectivity index (χ2n) is 15.4. The molecule has 0 unspecified atom stereocenters. The predicted octanol–water partition coefficient (Wildman–Crippen LogP) is 15.4. The van der Waals surface area contributed by atoms with Gasteiger partial charge in [-0.1, -0.05) is 152 Å². The van der Waals surface area contributed by atoms with Gasteiger partial charge >= 0.3 is 0 Å². The zero-order valence-corrected chi connectivity index (χ0v) is 33.3. The van der Waals surface area contributed by atoms with Crippen molar-refractivity contribution in [2.24, 2.45) is 0 Å². The zero-order chi connectivity index (χ0) is 39.6. The number of fused-ring (bicyclic) bond motifs is 7. The van der Waals surface area contributed by atoms with Gasteiger partial charge in [-0.15, -0.1) is 11.3 Å². The summed E-state index contributed by atoms with van der Waals surface area (Å²) in [6.45, 7) is 0. The van der Waals surface area contributed by atoms with E-state index < -0.39 is 0 Å². The fourth-order valence-electron chi connectivity index (χ4n) is 8.97. The number of rotatable bonds is 6. The van der Waals surface area contributed by atoms with Crippen molar-refractivity contribution in [3.05, 3.63) is 212 Å². The summed E-state index contributed by atoms with van der Waals surface area (Å²) in [6, 6.07) is 76.3. The molecule has 0 aliphatic heterocycles. The van der Waals surface area contributed by atoms with Crippen LogP contribution in [0.25, 0.3) is 115 Å². The highest BCUT2D eigenvalue weighted by Gasteiger charge is 2.19. The van der Waals surface area contributed by atoms with Crippen molar-refractivity contribution in [1.29, 1.82) is 0 Å². The molecule has 0 saturated heterocycles. The number of para-hydroxylation sites is 2. The van der Waals surface area contributed by atoms with Gasteiger partial charge in [-0.2, -0.15) is 0 Å². The van der Waals surface area contributed by atoms with Gasteiger partial charge in [-0.05, 0) is 94.0 Å². The molecule has 0 aliphatic rings. The lowest BCUT2D eigenvalue weighted by Crippen LogP contribution is -1.96. The minimum Gasteiger partial charge on any atom is -0.309 e. The highest BCUT2D eigenvalue weighted by molar-refractivity contribution is 7.26. The van der Waals surface area contributed by atoms with Crippen LogP contribution in [0.3, 0.4) is 0 Å². The van der Waals surface area contributed by atoms with E-state index in [2.05, 4.69) is 211 Å². The number of benzene rings is 9. The van der Waals surface area contributed by atoms with Crippen molar-refractivity contribution in [3.63, 3.8) is 0 Å². The maximum absolute atomic E-state index is 5.29. The Morgan fingerprint density at radius 3 is 1.68 bits per heavy atom. The lowest BCUT2D eigenvalue weighted by atomic mass is 9.98. The van der Waals surface area contributed by atoms with Crippen LogP contribution in [0.2, 0.25) is 0 Å². The van der Waals surface area contributed by atoms with Crippen molar-refractivity contribution in [3.8, 4) is 61.7 Å². The van der Waals surface area contributed by atoms with E-state index >= 15 is 0 Å². The molecular weight excluding hydrogens is 747 g/mol. The Balaban J connectivity index is 1.03. The van der Waals surface area contributed by atoms with E-state index in [1.807, 2.05) is 17.4 Å². The topological polar surface area (TPSA) is 30.7 Å². The van der Waals surface area contributed by atoms with Gasteiger partial charge in [0.2, 0.25) is 0 Å². The first-order chi connectivity index (χ1) is 29.7. The molecule has 9 aromatic carbocycles. The third kappa shape index (κ3) is 5.72. The molecule has 280 valence electrons. The molecule has 0 fully saturated rings. The summed E-state index contributed by atoms with van der Waals surface area (Å²) in [4.78, 5) is 10.5. The van der Waals surface area contributed by atoms with E-state index in [-0.39, 0.29) is 0 Å². The minimum atomic E-state index is 0.740. The maximum atomic E-state index is 5.29. The number of thiophene rings is 1. The van der Waals surface area contributed by atoms with Gasteiger partial charge in [0.15, 0.2) is 5.82 Å². The van der Waals surface area contributed by atoms with Gasteiger partial charge in [-0.3, -0.25) is 0 Å². The third-order valence-corrected chi connectivity index (χ3v) is 12.9. The van der Waals surface area contributed by atoms with Gasteiger partial charge in [0.1, 0.15) is 0 Å². The third-order valence-electron chi connectivity index (χ3n) is 11.8. The van der Waals surface area contributed by atoms with Crippen LogP contribution >= 0.6 is 11.3 Å². The molecule has 60 heavy (non-hydrogen) atoms. The van der Waals surface area contributed by atoms with Gasteiger partial charge in [0, 0.05) is 53.1 Å². The van der Waals surface area contributed by atoms with Gasteiger partial charge in [-0.25, -0.2) is 9.97 Å². The molecule has 0 atom stereocenters. The lowest BCUT2D eigenvalue weighted by Gasteiger charge is -2.14. The SMILES string of the molecule is c1ccc(-c2cc(-c3ccccc3)cc(-n3c4ccccc4c4cc(-c5ccc6sc7cccc(-c8nc(-c9ccccc9)c9ccccc9n8)c7c6c5)ccc43)c2)cc1. The predicted molar refractivity (Wildman–Crippen MR) is 254 cm³/mol. The maximum Gasteiger partial charge on any atom is 0.161 e. The summed E-state index contributed by atoms with van der Waals surface area (Å²) in [5.41, 5.74) is 14.6. The van der Waals surface area contributed by atoms with E-state index in [9.17, 15) is 0 Å². The van der Waals surface area contributed by atoms with Crippen LogP contribution in [-0.2, 0) is 0 Å². The molecule has 0 saturated carbocycles. The lowest BCUT2D eigenvalue weighted by molar-refractivity contribution is 1.18. The average molecular weight is 782 g/mol. The van der Waals surface area contributed by atoms with Gasteiger partial charge in [0.05, 0.1) is 22.2 Å². The van der Waals surface area contributed by atoms with E-state index in [1.54, 1.807) is 0 Å². The Bertz CT molecular complexity index is 3530. The second kappa shape index (κ2) is 14.0. The normalized spacial score (nSPS) is 11.7. The quantitative estimate of drug-likeness (QED) is 0.168. The molecule has 0 aliphatic carbocycles. The van der Waals surface area contributed by atoms with Crippen molar-refractivity contribution in [2.75, 3.05) is 0 Å². The smallest absolute Gasteiger partial charge is 0.161 e. The highest BCUT2D eigenvalue weighted by atomic mass is 32.1. The van der Waals surface area contributed by atoms with Crippen molar-refractivity contribution in [1.82, 2.24) is 14.5 Å². The molecular formula is C56H35N3S. The first-order valence-electron chi connectivity index (χ1n) is 20.3. The summed E-state index contributed by atoms with van der Waals surface area (Å²) in [6.07, 6.45) is 0. The molecule has 0 N–H and O–H groups in total. The Kier molecular flexibility index (Phi) is 8.03.